The van der Waals surface area contributed by atoms with Gasteiger partial charge >= 0.3 is 5.69 Å². The summed E-state index contributed by atoms with van der Waals surface area (Å²) in [5.74, 6) is -0.152. The van der Waals surface area contributed by atoms with Crippen LogP contribution in [0.1, 0.15) is 39.3 Å². The zero-order valence-electron chi connectivity index (χ0n) is 17.0. The molecule has 1 amide bonds. The van der Waals surface area contributed by atoms with Crippen LogP contribution in [-0.2, 0) is 4.79 Å². The molecule has 3 aromatic rings. The molecule has 30 heavy (non-hydrogen) atoms. The van der Waals surface area contributed by atoms with Gasteiger partial charge in [-0.05, 0) is 39.7 Å². The third-order valence-electron chi connectivity index (χ3n) is 4.42. The topological polar surface area (TPSA) is 153 Å². The van der Waals surface area contributed by atoms with Crippen LogP contribution in [0.4, 0.5) is 5.82 Å². The monoisotopic (exact) mass is 412 g/mol. The molecule has 1 aliphatic carbocycles. The second-order valence-corrected chi connectivity index (χ2v) is 8.33. The minimum atomic E-state index is -0.521. The van der Waals surface area contributed by atoms with Crippen LogP contribution in [0.2, 0.25) is 0 Å². The van der Waals surface area contributed by atoms with Gasteiger partial charge in [-0.3, -0.25) is 14.8 Å². The predicted octanol–water partition coefficient (Wildman–Crippen LogP) is -0.611. The van der Waals surface area contributed by atoms with Crippen molar-refractivity contribution in [1.29, 1.82) is 0 Å². The van der Waals surface area contributed by atoms with Crippen molar-refractivity contribution in [3.63, 3.8) is 0 Å². The Kier molecular flexibility index (Phi) is 4.90. The fourth-order valence-electron chi connectivity index (χ4n) is 2.79. The minimum absolute atomic E-state index is 0.141. The van der Waals surface area contributed by atoms with Crippen LogP contribution in [0.3, 0.4) is 0 Å². The standard InChI is InChI=1S/C19H24N8O3/c1-19(2,3)20-9-15(28)24-13-7-14(22-11-4-5-11)27-16(25-13)10(8-21-27)6-12-17(29)26-18(30)23-12/h6-8,11,20,29H,4-5,9H2,1-3H3,(H,24,28)(H2,23,26,30). The first-order chi connectivity index (χ1) is 14.2. The molecule has 1 saturated carbocycles. The van der Waals surface area contributed by atoms with Crippen molar-refractivity contribution in [3.8, 4) is 5.88 Å². The lowest BCUT2D eigenvalue weighted by atomic mass is 10.1. The van der Waals surface area contributed by atoms with Crippen LogP contribution in [0.5, 0.6) is 5.88 Å². The molecule has 0 radical (unpaired) electrons. The Bertz CT molecular complexity index is 1270. The number of amides is 1. The summed E-state index contributed by atoms with van der Waals surface area (Å²) >= 11 is 0. The lowest BCUT2D eigenvalue weighted by Crippen LogP contribution is -2.41. The number of carbonyl (C=O) groups excluding carboxylic acids is 1. The van der Waals surface area contributed by atoms with Crippen molar-refractivity contribution in [2.45, 2.75) is 45.2 Å². The zero-order valence-corrected chi connectivity index (χ0v) is 17.0. The highest BCUT2D eigenvalue weighted by atomic mass is 16.3. The summed E-state index contributed by atoms with van der Waals surface area (Å²) in [5.41, 5.74) is 0.517. The molecule has 158 valence electrons. The Hall–Kier alpha value is -3.47. The Labute approximate surface area is 171 Å². The number of hydrogen-bond donors (Lipinski definition) is 5. The van der Waals surface area contributed by atoms with Gasteiger partial charge in [0.05, 0.1) is 18.8 Å². The van der Waals surface area contributed by atoms with Crippen LogP contribution >= 0.6 is 0 Å². The molecule has 4 rings (SSSR count). The molecule has 3 heterocycles. The van der Waals surface area contributed by atoms with Crippen LogP contribution in [-0.4, -0.2) is 53.7 Å². The highest BCUT2D eigenvalue weighted by Gasteiger charge is 2.20. The molecule has 11 nitrogen and oxygen atoms in total. The first-order valence-electron chi connectivity index (χ1n) is 9.68. The van der Waals surface area contributed by atoms with Crippen molar-refractivity contribution in [2.24, 2.45) is 4.99 Å². The highest BCUT2D eigenvalue weighted by Crippen LogP contribution is 2.22. The molecule has 1 fully saturated rings. The van der Waals surface area contributed by atoms with Crippen molar-refractivity contribution in [2.75, 3.05) is 11.9 Å². The van der Waals surface area contributed by atoms with Crippen LogP contribution in [0.25, 0.3) is 11.7 Å². The summed E-state index contributed by atoms with van der Waals surface area (Å²) in [5, 5.41) is 20.7. The maximum atomic E-state index is 12.4. The Morgan fingerprint density at radius 1 is 1.40 bits per heavy atom. The van der Waals surface area contributed by atoms with Gasteiger partial charge < -0.3 is 20.7 Å². The number of hydrogen-bond acceptors (Lipinski definition) is 7. The van der Waals surface area contributed by atoms with E-state index in [1.807, 2.05) is 20.8 Å². The minimum Gasteiger partial charge on any atom is -0.493 e. The van der Waals surface area contributed by atoms with Gasteiger partial charge in [0.2, 0.25) is 11.8 Å². The van der Waals surface area contributed by atoms with E-state index in [2.05, 4.69) is 35.7 Å². The average Bonchev–Trinajstić information content (AvgIpc) is 3.29. The van der Waals surface area contributed by atoms with Gasteiger partial charge in [0, 0.05) is 16.8 Å². The number of H-pyrrole nitrogens is 2. The quantitative estimate of drug-likeness (QED) is 0.377. The van der Waals surface area contributed by atoms with E-state index in [9.17, 15) is 14.7 Å². The largest absolute Gasteiger partial charge is 0.493 e. The van der Waals surface area contributed by atoms with E-state index in [-0.39, 0.29) is 35.6 Å². The summed E-state index contributed by atoms with van der Waals surface area (Å²) in [7, 11) is 0. The van der Waals surface area contributed by atoms with Gasteiger partial charge in [-0.25, -0.2) is 9.78 Å². The molecule has 0 aromatic carbocycles. The summed E-state index contributed by atoms with van der Waals surface area (Å²) in [4.78, 5) is 37.7. The van der Waals surface area contributed by atoms with E-state index in [4.69, 9.17) is 0 Å². The van der Waals surface area contributed by atoms with Crippen LogP contribution in [0.15, 0.2) is 22.1 Å². The van der Waals surface area contributed by atoms with E-state index in [1.54, 1.807) is 22.9 Å². The molecule has 1 aliphatic rings. The van der Waals surface area contributed by atoms with E-state index >= 15 is 0 Å². The number of anilines is 1. The van der Waals surface area contributed by atoms with Gasteiger partial charge in [0.25, 0.3) is 0 Å². The van der Waals surface area contributed by atoms with Crippen LogP contribution < -0.4 is 27.0 Å². The van der Waals surface area contributed by atoms with Gasteiger partial charge in [0.1, 0.15) is 11.5 Å². The Balaban J connectivity index is 1.75. The normalized spacial score (nSPS) is 15.8. The Morgan fingerprint density at radius 2 is 2.17 bits per heavy atom. The third-order valence-corrected chi connectivity index (χ3v) is 4.42. The van der Waals surface area contributed by atoms with E-state index in [1.165, 1.54) is 0 Å². The number of imidazole rings is 1. The second kappa shape index (κ2) is 7.41. The van der Waals surface area contributed by atoms with Gasteiger partial charge in [0.15, 0.2) is 11.1 Å². The highest BCUT2D eigenvalue weighted by molar-refractivity contribution is 5.91. The maximum absolute atomic E-state index is 12.4. The van der Waals surface area contributed by atoms with Gasteiger partial charge in [-0.1, -0.05) is 0 Å². The van der Waals surface area contributed by atoms with Crippen molar-refractivity contribution in [3.05, 3.63) is 39.1 Å². The molecule has 0 aliphatic heterocycles. The summed E-state index contributed by atoms with van der Waals surface area (Å²) in [6.45, 7) is 6.08. The molecule has 0 atom stereocenters. The molecule has 11 heteroatoms. The Morgan fingerprint density at radius 3 is 2.80 bits per heavy atom. The number of fused-ring (bicyclic) bond motifs is 1. The van der Waals surface area contributed by atoms with E-state index in [0.717, 1.165) is 12.8 Å². The van der Waals surface area contributed by atoms with Crippen molar-refractivity contribution < 1.29 is 9.90 Å². The number of aromatic amines is 2. The maximum Gasteiger partial charge on any atom is 0.326 e. The van der Waals surface area contributed by atoms with E-state index < -0.39 is 5.69 Å². The van der Waals surface area contributed by atoms with Crippen LogP contribution in [0, 0.1) is 0 Å². The molecular formula is C19H24N8O3. The first kappa shape index (κ1) is 19.8. The number of rotatable bonds is 5. The lowest BCUT2D eigenvalue weighted by molar-refractivity contribution is -0.115. The smallest absolute Gasteiger partial charge is 0.326 e. The second-order valence-electron chi connectivity index (χ2n) is 8.33. The third kappa shape index (κ3) is 4.57. The fraction of sp³-hybridized carbons (Fsp3) is 0.421. The molecule has 0 unspecified atom stereocenters. The predicted molar refractivity (Wildman–Crippen MR) is 110 cm³/mol. The van der Waals surface area contributed by atoms with Gasteiger partial charge in [-0.15, -0.1) is 0 Å². The van der Waals surface area contributed by atoms with Crippen molar-refractivity contribution in [1.82, 2.24) is 29.9 Å². The van der Waals surface area contributed by atoms with Crippen molar-refractivity contribution >= 4 is 23.4 Å². The zero-order chi connectivity index (χ0) is 21.5. The molecule has 0 spiro atoms. The van der Waals surface area contributed by atoms with Gasteiger partial charge in [-0.2, -0.15) is 9.61 Å². The number of carbonyl (C=O) groups is 1. The lowest BCUT2D eigenvalue weighted by Gasteiger charge is -2.19. The van der Waals surface area contributed by atoms with E-state index in [0.29, 0.717) is 22.2 Å². The number of aromatic hydroxyl groups is 1. The molecular weight excluding hydrogens is 388 g/mol. The molecule has 5 N–H and O–H groups in total. The summed E-state index contributed by atoms with van der Waals surface area (Å²) < 4.78 is 1.58. The SMILES string of the molecule is CC(C)(C)NCC(=O)Nc1cc(=NC2CC2)n2ncc(=Cc3[nH]c(=O)[nH]c3O)c2n1. The fourth-order valence-corrected chi connectivity index (χ4v) is 2.79. The summed E-state index contributed by atoms with van der Waals surface area (Å²) in [6, 6.07) is 1.93. The number of nitrogens with zero attached hydrogens (tertiary/aromatic N) is 4. The number of aromatic nitrogens is 5. The average molecular weight is 412 g/mol. The molecule has 0 bridgehead atoms. The number of nitrogens with one attached hydrogen (secondary N) is 4. The molecule has 0 saturated heterocycles. The molecule has 3 aromatic heterocycles. The first-order valence-corrected chi connectivity index (χ1v) is 9.68. The summed E-state index contributed by atoms with van der Waals surface area (Å²) in [6.07, 6.45) is 5.14.